The molecule has 0 aliphatic carbocycles. The summed E-state index contributed by atoms with van der Waals surface area (Å²) in [4.78, 5) is 4.18. The van der Waals surface area contributed by atoms with Crippen LogP contribution in [0.4, 0.5) is 0 Å². The summed E-state index contributed by atoms with van der Waals surface area (Å²) in [6.07, 6.45) is 1.71. The van der Waals surface area contributed by atoms with Gasteiger partial charge in [-0.2, -0.15) is 0 Å². The van der Waals surface area contributed by atoms with E-state index in [1.165, 1.54) is 0 Å². The van der Waals surface area contributed by atoms with Crippen LogP contribution < -0.4 is 10.5 Å². The summed E-state index contributed by atoms with van der Waals surface area (Å²) in [6, 6.07) is 9.55. The number of ether oxygens (including phenoxy) is 1. The van der Waals surface area contributed by atoms with Gasteiger partial charge in [-0.3, -0.25) is 0 Å². The highest BCUT2D eigenvalue weighted by molar-refractivity contribution is 9.10. The molecule has 18 heavy (non-hydrogen) atoms. The van der Waals surface area contributed by atoms with Gasteiger partial charge in [0.05, 0.1) is 0 Å². The van der Waals surface area contributed by atoms with Gasteiger partial charge in [0, 0.05) is 22.8 Å². The first-order chi connectivity index (χ1) is 8.56. The van der Waals surface area contributed by atoms with Gasteiger partial charge in [-0.05, 0) is 49.2 Å². The fourth-order valence-corrected chi connectivity index (χ4v) is 1.81. The van der Waals surface area contributed by atoms with Crippen molar-refractivity contribution in [3.8, 4) is 11.6 Å². The first-order valence-corrected chi connectivity index (χ1v) is 6.51. The lowest BCUT2D eigenvalue weighted by atomic mass is 10.1. The number of hydrogen-bond donors (Lipinski definition) is 1. The Morgan fingerprint density at radius 2 is 2.06 bits per heavy atom. The number of hydrogen-bond acceptors (Lipinski definition) is 3. The van der Waals surface area contributed by atoms with Crippen LogP contribution in [0.15, 0.2) is 41.0 Å². The van der Waals surface area contributed by atoms with Crippen LogP contribution in [-0.2, 0) is 0 Å². The Morgan fingerprint density at radius 1 is 1.28 bits per heavy atom. The molecule has 1 heterocycles. The van der Waals surface area contributed by atoms with Crippen molar-refractivity contribution >= 4 is 15.9 Å². The van der Waals surface area contributed by atoms with Crippen LogP contribution in [0.5, 0.6) is 11.6 Å². The van der Waals surface area contributed by atoms with Gasteiger partial charge < -0.3 is 10.5 Å². The Labute approximate surface area is 115 Å². The Kier molecular flexibility index (Phi) is 3.99. The lowest BCUT2D eigenvalue weighted by Gasteiger charge is -2.09. The number of aromatic nitrogens is 1. The topological polar surface area (TPSA) is 48.1 Å². The van der Waals surface area contributed by atoms with E-state index in [9.17, 15) is 0 Å². The normalized spacial score (nSPS) is 12.2. The van der Waals surface area contributed by atoms with E-state index in [0.717, 1.165) is 21.3 Å². The number of nitrogens with two attached hydrogens (primary N) is 1. The molecule has 1 atom stereocenters. The minimum absolute atomic E-state index is 0.0259. The van der Waals surface area contributed by atoms with Gasteiger partial charge in [-0.1, -0.05) is 15.9 Å². The van der Waals surface area contributed by atoms with Crippen molar-refractivity contribution in [3.63, 3.8) is 0 Å². The Bertz CT molecular complexity index is 555. The van der Waals surface area contributed by atoms with Crippen LogP contribution in [-0.4, -0.2) is 4.98 Å². The van der Waals surface area contributed by atoms with Gasteiger partial charge >= 0.3 is 0 Å². The molecule has 0 saturated heterocycles. The number of pyridine rings is 1. The fraction of sp³-hybridized carbons (Fsp3) is 0.214. The second-order valence-electron chi connectivity index (χ2n) is 4.23. The maximum Gasteiger partial charge on any atom is 0.219 e. The molecule has 94 valence electrons. The number of nitrogens with zero attached hydrogens (tertiary/aromatic N) is 1. The predicted molar refractivity (Wildman–Crippen MR) is 75.8 cm³/mol. The minimum atomic E-state index is -0.0259. The van der Waals surface area contributed by atoms with E-state index in [1.54, 1.807) is 6.20 Å². The molecule has 0 bridgehead atoms. The van der Waals surface area contributed by atoms with E-state index in [2.05, 4.69) is 20.9 Å². The standard InChI is InChI=1S/C14H15BrN2O/c1-9-7-12(3-4-13(9)15)18-14-8-11(10(2)16)5-6-17-14/h3-8,10H,16H2,1-2H3. The highest BCUT2D eigenvalue weighted by Gasteiger charge is 2.04. The van der Waals surface area contributed by atoms with Crippen molar-refractivity contribution in [2.24, 2.45) is 5.73 Å². The monoisotopic (exact) mass is 306 g/mol. The van der Waals surface area contributed by atoms with Gasteiger partial charge in [-0.25, -0.2) is 4.98 Å². The van der Waals surface area contributed by atoms with Crippen LogP contribution in [0.1, 0.15) is 24.1 Å². The smallest absolute Gasteiger partial charge is 0.219 e. The van der Waals surface area contributed by atoms with Crippen molar-refractivity contribution in [2.75, 3.05) is 0 Å². The third kappa shape index (κ3) is 3.09. The molecular formula is C14H15BrN2O. The number of halogens is 1. The van der Waals surface area contributed by atoms with Crippen molar-refractivity contribution < 1.29 is 4.74 Å². The molecule has 3 nitrogen and oxygen atoms in total. The summed E-state index contributed by atoms with van der Waals surface area (Å²) in [7, 11) is 0. The molecular weight excluding hydrogens is 292 g/mol. The largest absolute Gasteiger partial charge is 0.439 e. The number of aryl methyl sites for hydroxylation is 1. The Balaban J connectivity index is 2.23. The second-order valence-corrected chi connectivity index (χ2v) is 5.08. The SMILES string of the molecule is Cc1cc(Oc2cc(C(C)N)ccn2)ccc1Br. The summed E-state index contributed by atoms with van der Waals surface area (Å²) >= 11 is 3.46. The molecule has 1 aromatic carbocycles. The molecule has 2 N–H and O–H groups in total. The van der Waals surface area contributed by atoms with Crippen LogP contribution in [0, 0.1) is 6.92 Å². The molecule has 0 radical (unpaired) electrons. The maximum atomic E-state index is 5.83. The molecule has 4 heteroatoms. The average molecular weight is 307 g/mol. The quantitative estimate of drug-likeness (QED) is 0.933. The minimum Gasteiger partial charge on any atom is -0.439 e. The summed E-state index contributed by atoms with van der Waals surface area (Å²) in [5, 5.41) is 0. The molecule has 1 aromatic heterocycles. The van der Waals surface area contributed by atoms with Gasteiger partial charge in [0.2, 0.25) is 5.88 Å². The maximum absolute atomic E-state index is 5.83. The van der Waals surface area contributed by atoms with Crippen molar-refractivity contribution in [2.45, 2.75) is 19.9 Å². The zero-order chi connectivity index (χ0) is 13.1. The van der Waals surface area contributed by atoms with E-state index in [4.69, 9.17) is 10.5 Å². The third-order valence-corrected chi connectivity index (χ3v) is 3.53. The summed E-state index contributed by atoms with van der Waals surface area (Å²) in [5.41, 5.74) is 7.96. The van der Waals surface area contributed by atoms with Crippen molar-refractivity contribution in [1.29, 1.82) is 0 Å². The van der Waals surface area contributed by atoms with Gasteiger partial charge in [0.15, 0.2) is 0 Å². The number of rotatable bonds is 3. The van der Waals surface area contributed by atoms with Gasteiger partial charge in [0.25, 0.3) is 0 Å². The van der Waals surface area contributed by atoms with Gasteiger partial charge in [0.1, 0.15) is 5.75 Å². The van der Waals surface area contributed by atoms with Crippen molar-refractivity contribution in [3.05, 3.63) is 52.1 Å². The predicted octanol–water partition coefficient (Wildman–Crippen LogP) is 3.96. The van der Waals surface area contributed by atoms with Crippen LogP contribution >= 0.6 is 15.9 Å². The summed E-state index contributed by atoms with van der Waals surface area (Å²) in [6.45, 7) is 3.95. The Hall–Kier alpha value is -1.39. The van der Waals surface area contributed by atoms with E-state index < -0.39 is 0 Å². The average Bonchev–Trinajstić information content (AvgIpc) is 2.34. The van der Waals surface area contributed by atoms with E-state index in [-0.39, 0.29) is 6.04 Å². The molecule has 0 spiro atoms. The number of benzene rings is 1. The second kappa shape index (κ2) is 5.50. The van der Waals surface area contributed by atoms with Crippen LogP contribution in [0.25, 0.3) is 0 Å². The molecule has 1 unspecified atom stereocenters. The van der Waals surface area contributed by atoms with Gasteiger partial charge in [-0.15, -0.1) is 0 Å². The third-order valence-electron chi connectivity index (χ3n) is 2.64. The highest BCUT2D eigenvalue weighted by Crippen LogP contribution is 2.26. The van der Waals surface area contributed by atoms with E-state index >= 15 is 0 Å². The molecule has 0 saturated carbocycles. The van der Waals surface area contributed by atoms with E-state index in [1.807, 2.05) is 44.2 Å². The summed E-state index contributed by atoms with van der Waals surface area (Å²) < 4.78 is 6.78. The molecule has 2 rings (SSSR count). The zero-order valence-corrected chi connectivity index (χ0v) is 11.9. The first-order valence-electron chi connectivity index (χ1n) is 5.72. The lowest BCUT2D eigenvalue weighted by molar-refractivity contribution is 0.461. The van der Waals surface area contributed by atoms with Crippen molar-refractivity contribution in [1.82, 2.24) is 4.98 Å². The lowest BCUT2D eigenvalue weighted by Crippen LogP contribution is -2.05. The van der Waals surface area contributed by atoms with Crippen LogP contribution in [0.3, 0.4) is 0 Å². The molecule has 2 aromatic rings. The molecule has 0 aliphatic rings. The highest BCUT2D eigenvalue weighted by atomic mass is 79.9. The molecule has 0 aliphatic heterocycles. The molecule has 0 amide bonds. The fourth-order valence-electron chi connectivity index (χ4n) is 1.57. The Morgan fingerprint density at radius 3 is 2.72 bits per heavy atom. The molecule has 0 fully saturated rings. The van der Waals surface area contributed by atoms with E-state index in [0.29, 0.717) is 5.88 Å². The first kappa shape index (κ1) is 13.1. The van der Waals surface area contributed by atoms with Crippen LogP contribution in [0.2, 0.25) is 0 Å². The zero-order valence-electron chi connectivity index (χ0n) is 10.4. The summed E-state index contributed by atoms with van der Waals surface area (Å²) in [5.74, 6) is 1.33.